The average Bonchev–Trinajstić information content (AvgIpc) is 3.37. The molecule has 0 radical (unpaired) electrons. The third-order valence-corrected chi connectivity index (χ3v) is 12.6. The molecule has 0 aliphatic heterocycles. The number of ether oxygens (including phenoxy) is 3. The van der Waals surface area contributed by atoms with Crippen LogP contribution < -0.4 is 0 Å². The van der Waals surface area contributed by atoms with Gasteiger partial charge < -0.3 is 14.2 Å². The van der Waals surface area contributed by atoms with Crippen molar-refractivity contribution in [3.05, 3.63) is 97.2 Å². The Hall–Kier alpha value is -3.67. The first kappa shape index (κ1) is 67.3. The van der Waals surface area contributed by atoms with E-state index in [1.807, 2.05) is 0 Å². The van der Waals surface area contributed by atoms with Gasteiger partial charge in [-0.1, -0.05) is 259 Å². The molecule has 0 aliphatic rings. The number of unbranched alkanes of at least 4 members (excludes halogenated alkanes) is 26. The van der Waals surface area contributed by atoms with E-state index >= 15 is 0 Å². The van der Waals surface area contributed by atoms with E-state index in [4.69, 9.17) is 14.2 Å². The molecule has 0 amide bonds. The Morgan fingerprint density at radius 3 is 0.887 bits per heavy atom. The largest absolute Gasteiger partial charge is 0.462 e. The first-order chi connectivity index (χ1) is 35.0. The van der Waals surface area contributed by atoms with E-state index < -0.39 is 6.10 Å². The highest BCUT2D eigenvalue weighted by atomic mass is 16.6. The predicted molar refractivity (Wildman–Crippen MR) is 307 cm³/mol. The van der Waals surface area contributed by atoms with Crippen molar-refractivity contribution in [3.63, 3.8) is 0 Å². The third-order valence-electron chi connectivity index (χ3n) is 12.6. The minimum Gasteiger partial charge on any atom is -0.462 e. The van der Waals surface area contributed by atoms with Crippen LogP contribution in [0.15, 0.2) is 97.2 Å². The van der Waals surface area contributed by atoms with Gasteiger partial charge in [-0.2, -0.15) is 0 Å². The third kappa shape index (κ3) is 57.1. The molecular weight excluding hydrogens is 877 g/mol. The fourth-order valence-corrected chi connectivity index (χ4v) is 8.19. The molecule has 0 aromatic carbocycles. The Balaban J connectivity index is 3.96. The molecule has 0 aromatic heterocycles. The monoisotopic (exact) mass is 987 g/mol. The lowest BCUT2D eigenvalue weighted by molar-refractivity contribution is -0.167. The molecule has 0 aromatic rings. The van der Waals surface area contributed by atoms with Crippen LogP contribution in [-0.4, -0.2) is 37.2 Å². The molecule has 0 saturated carbocycles. The lowest BCUT2D eigenvalue weighted by atomic mass is 10.0. The Labute approximate surface area is 438 Å². The molecule has 406 valence electrons. The Kier molecular flexibility index (Phi) is 55.9. The number of esters is 3. The SMILES string of the molecule is CC/C=C\C/C=C\C/C=C\C/C=C\CCCCCCCCCCCCCCCCCCCCCCC(=O)OCC(COC(=O)CCCCCCC)OC(=O)CCCC/C=C\C/C=C\C/C=C\C/C=C\CC. The van der Waals surface area contributed by atoms with Crippen LogP contribution in [0.25, 0.3) is 0 Å². The molecule has 71 heavy (non-hydrogen) atoms. The number of hydrogen-bond acceptors (Lipinski definition) is 6. The summed E-state index contributed by atoms with van der Waals surface area (Å²) in [5.74, 6) is -0.944. The van der Waals surface area contributed by atoms with Crippen molar-refractivity contribution in [2.45, 2.75) is 284 Å². The summed E-state index contributed by atoms with van der Waals surface area (Å²) in [4.78, 5) is 37.7. The molecule has 0 aliphatic carbocycles. The minimum absolute atomic E-state index is 0.0917. The van der Waals surface area contributed by atoms with Crippen LogP contribution in [0.2, 0.25) is 0 Å². The van der Waals surface area contributed by atoms with Gasteiger partial charge in [0.25, 0.3) is 0 Å². The summed E-state index contributed by atoms with van der Waals surface area (Å²) in [5.41, 5.74) is 0. The molecule has 6 nitrogen and oxygen atoms in total. The van der Waals surface area contributed by atoms with Gasteiger partial charge in [0.05, 0.1) is 0 Å². The molecule has 0 saturated heterocycles. The number of carbonyl (C=O) groups is 3. The highest BCUT2D eigenvalue weighted by molar-refractivity contribution is 5.71. The van der Waals surface area contributed by atoms with Gasteiger partial charge in [0, 0.05) is 19.3 Å². The van der Waals surface area contributed by atoms with Gasteiger partial charge in [-0.25, -0.2) is 0 Å². The van der Waals surface area contributed by atoms with Crippen LogP contribution in [0.1, 0.15) is 278 Å². The van der Waals surface area contributed by atoms with Crippen LogP contribution in [0.5, 0.6) is 0 Å². The molecule has 0 N–H and O–H groups in total. The smallest absolute Gasteiger partial charge is 0.306 e. The van der Waals surface area contributed by atoms with E-state index in [1.165, 1.54) is 122 Å². The van der Waals surface area contributed by atoms with Crippen LogP contribution in [0.3, 0.4) is 0 Å². The standard InChI is InChI=1S/C65H110O6/c1-4-7-10-13-15-17-19-21-23-24-25-26-27-28-29-30-31-32-33-34-35-36-37-38-39-40-42-43-45-47-49-52-55-58-64(67)70-61-62(60-69-63(66)57-54-51-12-9-6-3)71-65(68)59-56-53-50-48-46-44-41-22-20-18-16-14-11-8-5-2/h7-8,10-11,15-18,21-23,25-26,41,46,48,62H,4-6,9,12-14,19-20,24,27-40,42-45,47,49-61H2,1-3H3/b10-7-,11-8-,17-15-,18-16-,23-21-,26-25-,41-22-,48-46-. The summed E-state index contributed by atoms with van der Waals surface area (Å²) in [5, 5.41) is 0. The average molecular weight is 988 g/mol. The highest BCUT2D eigenvalue weighted by Crippen LogP contribution is 2.16. The van der Waals surface area contributed by atoms with E-state index in [9.17, 15) is 14.4 Å². The topological polar surface area (TPSA) is 78.9 Å². The maximum absolute atomic E-state index is 12.7. The van der Waals surface area contributed by atoms with E-state index in [2.05, 4.69) is 118 Å². The van der Waals surface area contributed by atoms with Crippen LogP contribution in [-0.2, 0) is 28.6 Å². The molecule has 0 spiro atoms. The molecule has 1 atom stereocenters. The van der Waals surface area contributed by atoms with Crippen molar-refractivity contribution in [3.8, 4) is 0 Å². The second kappa shape index (κ2) is 58.9. The fourth-order valence-electron chi connectivity index (χ4n) is 8.19. The van der Waals surface area contributed by atoms with Gasteiger partial charge in [-0.15, -0.1) is 0 Å². The maximum atomic E-state index is 12.7. The van der Waals surface area contributed by atoms with Crippen molar-refractivity contribution in [2.24, 2.45) is 0 Å². The summed E-state index contributed by atoms with van der Waals surface area (Å²) < 4.78 is 16.7. The van der Waals surface area contributed by atoms with Crippen molar-refractivity contribution >= 4 is 17.9 Å². The van der Waals surface area contributed by atoms with E-state index in [0.717, 1.165) is 109 Å². The lowest BCUT2D eigenvalue weighted by Gasteiger charge is -2.18. The summed E-state index contributed by atoms with van der Waals surface area (Å²) in [6, 6.07) is 0. The number of allylic oxidation sites excluding steroid dienone is 16. The van der Waals surface area contributed by atoms with Gasteiger partial charge in [-0.05, 0) is 96.3 Å². The molecule has 0 fully saturated rings. The highest BCUT2D eigenvalue weighted by Gasteiger charge is 2.19. The second-order valence-corrected chi connectivity index (χ2v) is 19.5. The van der Waals surface area contributed by atoms with Crippen LogP contribution in [0, 0.1) is 0 Å². The molecule has 0 heterocycles. The fraction of sp³-hybridized carbons (Fsp3) is 0.708. The summed E-state index contributed by atoms with van der Waals surface area (Å²) >= 11 is 0. The second-order valence-electron chi connectivity index (χ2n) is 19.5. The zero-order chi connectivity index (χ0) is 51.4. The van der Waals surface area contributed by atoms with Gasteiger partial charge in [-0.3, -0.25) is 14.4 Å². The Bertz CT molecular complexity index is 1410. The van der Waals surface area contributed by atoms with Crippen molar-refractivity contribution < 1.29 is 28.6 Å². The summed E-state index contributed by atoms with van der Waals surface area (Å²) in [6.45, 7) is 6.30. The lowest BCUT2D eigenvalue weighted by Crippen LogP contribution is -2.30. The van der Waals surface area contributed by atoms with Crippen LogP contribution >= 0.6 is 0 Å². The van der Waals surface area contributed by atoms with Crippen molar-refractivity contribution in [2.75, 3.05) is 13.2 Å². The quantitative estimate of drug-likeness (QED) is 0.0261. The predicted octanol–water partition coefficient (Wildman–Crippen LogP) is 20.1. The number of hydrogen-bond donors (Lipinski definition) is 0. The molecule has 0 bridgehead atoms. The summed E-state index contributed by atoms with van der Waals surface area (Å²) in [6.07, 6.45) is 79.1. The first-order valence-corrected chi connectivity index (χ1v) is 29.7. The zero-order valence-corrected chi connectivity index (χ0v) is 46.5. The number of carbonyl (C=O) groups excluding carboxylic acids is 3. The van der Waals surface area contributed by atoms with Gasteiger partial charge in [0.1, 0.15) is 13.2 Å². The van der Waals surface area contributed by atoms with Crippen molar-refractivity contribution in [1.82, 2.24) is 0 Å². The minimum atomic E-state index is -0.793. The van der Waals surface area contributed by atoms with Gasteiger partial charge in [0.2, 0.25) is 0 Å². The normalized spacial score (nSPS) is 12.8. The van der Waals surface area contributed by atoms with E-state index in [0.29, 0.717) is 19.3 Å². The van der Waals surface area contributed by atoms with Gasteiger partial charge >= 0.3 is 17.9 Å². The molecule has 1 unspecified atom stereocenters. The summed E-state index contributed by atoms with van der Waals surface area (Å²) in [7, 11) is 0. The first-order valence-electron chi connectivity index (χ1n) is 29.7. The van der Waals surface area contributed by atoms with E-state index in [1.54, 1.807) is 0 Å². The molecular formula is C65H110O6. The molecule has 6 heteroatoms. The van der Waals surface area contributed by atoms with E-state index in [-0.39, 0.29) is 37.5 Å². The zero-order valence-electron chi connectivity index (χ0n) is 46.5. The Morgan fingerprint density at radius 1 is 0.296 bits per heavy atom. The maximum Gasteiger partial charge on any atom is 0.306 e. The van der Waals surface area contributed by atoms with Crippen LogP contribution in [0.4, 0.5) is 0 Å². The number of rotatable bonds is 53. The van der Waals surface area contributed by atoms with Gasteiger partial charge in [0.15, 0.2) is 6.10 Å². The van der Waals surface area contributed by atoms with Crippen molar-refractivity contribution in [1.29, 1.82) is 0 Å². The molecule has 0 rings (SSSR count). The Morgan fingerprint density at radius 2 is 0.549 bits per heavy atom.